The summed E-state index contributed by atoms with van der Waals surface area (Å²) in [6.07, 6.45) is 1.38. The van der Waals surface area contributed by atoms with Gasteiger partial charge in [0.15, 0.2) is 0 Å². The topological polar surface area (TPSA) is 18.5 Å². The molecule has 0 fully saturated rings. The van der Waals surface area contributed by atoms with Crippen LogP contribution >= 0.6 is 0 Å². The molecule has 0 radical (unpaired) electrons. The van der Waals surface area contributed by atoms with Gasteiger partial charge in [-0.05, 0) is 0 Å². The molecule has 18 heavy (non-hydrogen) atoms. The van der Waals surface area contributed by atoms with Crippen molar-refractivity contribution in [2.24, 2.45) is 10.8 Å². The van der Waals surface area contributed by atoms with Crippen molar-refractivity contribution in [2.45, 2.75) is 60.2 Å². The van der Waals surface area contributed by atoms with Crippen LogP contribution in [0.1, 0.15) is 48.0 Å². The van der Waals surface area contributed by atoms with Gasteiger partial charge >= 0.3 is 116 Å². The van der Waals surface area contributed by atoms with E-state index >= 15 is 0 Å². The molecule has 0 spiro atoms. The van der Waals surface area contributed by atoms with Crippen molar-refractivity contribution in [2.75, 3.05) is 0 Å². The van der Waals surface area contributed by atoms with Crippen LogP contribution < -0.4 is 9.47 Å². The Labute approximate surface area is 116 Å². The maximum absolute atomic E-state index is 6.21. The van der Waals surface area contributed by atoms with Gasteiger partial charge in [0.1, 0.15) is 0 Å². The molecule has 0 bridgehead atoms. The van der Waals surface area contributed by atoms with E-state index in [-0.39, 0.29) is 23.0 Å². The summed E-state index contributed by atoms with van der Waals surface area (Å²) < 4.78 is 12.4. The van der Waals surface area contributed by atoms with Crippen LogP contribution in [-0.4, -0.2) is 26.7 Å². The Balaban J connectivity index is 2.33. The fraction of sp³-hybridized carbons (Fsp3) is 0.733. The Bertz CT molecular complexity index is 372. The summed E-state index contributed by atoms with van der Waals surface area (Å²) in [5.74, 6) is 1.95. The summed E-state index contributed by atoms with van der Waals surface area (Å²) in [6.45, 7) is 13.5. The van der Waals surface area contributed by atoms with E-state index in [2.05, 4.69) is 51.4 Å². The van der Waals surface area contributed by atoms with Crippen LogP contribution in [-0.2, 0) is 0 Å². The van der Waals surface area contributed by atoms with Gasteiger partial charge in [-0.15, -0.1) is 0 Å². The third kappa shape index (κ3) is 2.95. The van der Waals surface area contributed by atoms with Crippen molar-refractivity contribution in [3.63, 3.8) is 0 Å². The first-order valence-electron chi connectivity index (χ1n) is 6.57. The predicted molar refractivity (Wildman–Crippen MR) is 75.7 cm³/mol. The summed E-state index contributed by atoms with van der Waals surface area (Å²) in [4.78, 5) is 4.37. The molecule has 2 nitrogen and oxygen atoms in total. The SMILES string of the molecule is CC(C)(C)C1CC(C(C)(C)C)Oc2c[se]cc2O1. The Hall–Kier alpha value is -0.401. The maximum atomic E-state index is 6.21. The molecule has 0 N–H and O–H groups in total. The number of rotatable bonds is 0. The molecule has 0 saturated carbocycles. The van der Waals surface area contributed by atoms with Crippen LogP contribution in [0.25, 0.3) is 0 Å². The Morgan fingerprint density at radius 2 is 1.28 bits per heavy atom. The van der Waals surface area contributed by atoms with E-state index < -0.39 is 0 Å². The summed E-state index contributed by atoms with van der Waals surface area (Å²) in [7, 11) is 0. The molecule has 0 aliphatic carbocycles. The molecule has 0 amide bonds. The Morgan fingerprint density at radius 3 is 1.61 bits per heavy atom. The van der Waals surface area contributed by atoms with Crippen molar-refractivity contribution in [1.29, 1.82) is 0 Å². The zero-order chi connectivity index (χ0) is 13.6. The molecule has 2 atom stereocenters. The minimum atomic E-state index is 0.138. The average Bonchev–Trinajstić information content (AvgIpc) is 2.52. The fourth-order valence-corrected chi connectivity index (χ4v) is 3.49. The summed E-state index contributed by atoms with van der Waals surface area (Å²) >= 11 is 0.396. The second-order valence-corrected chi connectivity index (χ2v) is 8.84. The molecule has 1 aliphatic heterocycles. The molecule has 102 valence electrons. The van der Waals surface area contributed by atoms with Gasteiger partial charge in [0, 0.05) is 0 Å². The molecule has 0 saturated heterocycles. The second kappa shape index (κ2) is 4.61. The van der Waals surface area contributed by atoms with E-state index in [1.54, 1.807) is 0 Å². The van der Waals surface area contributed by atoms with Crippen LogP contribution in [0, 0.1) is 10.8 Å². The first-order chi connectivity index (χ1) is 8.18. The molecular weight excluding hydrogens is 291 g/mol. The van der Waals surface area contributed by atoms with Gasteiger partial charge in [-0.1, -0.05) is 0 Å². The molecular formula is C15H24O2Se. The van der Waals surface area contributed by atoms with Crippen molar-refractivity contribution >= 4 is 14.5 Å². The zero-order valence-electron chi connectivity index (χ0n) is 12.2. The van der Waals surface area contributed by atoms with E-state index in [4.69, 9.17) is 9.47 Å². The van der Waals surface area contributed by atoms with E-state index in [1.807, 2.05) is 0 Å². The van der Waals surface area contributed by atoms with Gasteiger partial charge in [0.25, 0.3) is 0 Å². The standard InChI is InChI=1S/C15H24O2Se/c1-14(2,3)12-7-13(15(4,5)6)17-11-9-18-8-10(11)16-12/h8-9,12-13H,7H2,1-6H3. The summed E-state index contributed by atoms with van der Waals surface area (Å²) in [5, 5.41) is 0. The Kier molecular flexibility index (Phi) is 3.59. The first-order valence-corrected chi connectivity index (χ1v) is 8.55. The van der Waals surface area contributed by atoms with Crippen LogP contribution in [0.5, 0.6) is 11.5 Å². The fourth-order valence-electron chi connectivity index (χ4n) is 2.10. The van der Waals surface area contributed by atoms with Crippen molar-refractivity contribution in [3.05, 3.63) is 9.88 Å². The van der Waals surface area contributed by atoms with Crippen molar-refractivity contribution in [3.8, 4) is 11.5 Å². The number of ether oxygens (including phenoxy) is 2. The van der Waals surface area contributed by atoms with Crippen LogP contribution in [0.4, 0.5) is 0 Å². The van der Waals surface area contributed by atoms with Crippen LogP contribution in [0.2, 0.25) is 0 Å². The first kappa shape index (κ1) is 14.0. The van der Waals surface area contributed by atoms with Gasteiger partial charge in [-0.25, -0.2) is 0 Å². The third-order valence-electron chi connectivity index (χ3n) is 3.49. The number of hydrogen-bond donors (Lipinski definition) is 0. The Morgan fingerprint density at radius 1 is 0.889 bits per heavy atom. The van der Waals surface area contributed by atoms with E-state index in [0.717, 1.165) is 17.9 Å². The normalized spacial score (nSPS) is 24.8. The molecule has 1 aromatic rings. The van der Waals surface area contributed by atoms with Gasteiger partial charge in [0.05, 0.1) is 0 Å². The molecule has 3 heteroatoms. The van der Waals surface area contributed by atoms with E-state index in [0.29, 0.717) is 14.5 Å². The van der Waals surface area contributed by atoms with Gasteiger partial charge in [-0.2, -0.15) is 0 Å². The van der Waals surface area contributed by atoms with Crippen LogP contribution in [0.3, 0.4) is 0 Å². The third-order valence-corrected chi connectivity index (χ3v) is 4.96. The van der Waals surface area contributed by atoms with Gasteiger partial charge in [-0.3, -0.25) is 0 Å². The quantitative estimate of drug-likeness (QED) is 0.679. The summed E-state index contributed by atoms with van der Waals surface area (Å²) in [5.41, 5.74) is 0.275. The second-order valence-electron chi connectivity index (χ2n) is 7.28. The molecule has 2 rings (SSSR count). The summed E-state index contributed by atoms with van der Waals surface area (Å²) in [6, 6.07) is 0. The van der Waals surface area contributed by atoms with Crippen molar-refractivity contribution in [1.82, 2.24) is 0 Å². The molecule has 1 aromatic heterocycles. The zero-order valence-corrected chi connectivity index (χ0v) is 14.0. The van der Waals surface area contributed by atoms with Gasteiger partial charge < -0.3 is 0 Å². The molecule has 1 aliphatic rings. The number of fused-ring (bicyclic) bond motifs is 1. The van der Waals surface area contributed by atoms with Crippen molar-refractivity contribution < 1.29 is 9.47 Å². The predicted octanol–water partition coefficient (Wildman–Crippen LogP) is 3.73. The molecule has 2 heterocycles. The monoisotopic (exact) mass is 316 g/mol. The van der Waals surface area contributed by atoms with E-state index in [9.17, 15) is 0 Å². The van der Waals surface area contributed by atoms with E-state index in [1.165, 1.54) is 0 Å². The average molecular weight is 315 g/mol. The van der Waals surface area contributed by atoms with Gasteiger partial charge in [0.2, 0.25) is 0 Å². The minimum absolute atomic E-state index is 0.138. The molecule has 0 aromatic carbocycles. The number of hydrogen-bond acceptors (Lipinski definition) is 2. The molecule has 2 unspecified atom stereocenters. The van der Waals surface area contributed by atoms with Crippen LogP contribution in [0.15, 0.2) is 9.88 Å².